The monoisotopic (exact) mass is 568 g/mol. The largest absolute Gasteiger partial charge is 0.490 e. The number of likely N-dealkylation sites (tertiary alicyclic amines) is 1. The molecule has 2 fully saturated rings. The maximum atomic E-state index is 13.4. The summed E-state index contributed by atoms with van der Waals surface area (Å²) in [6, 6.07) is 17.4. The number of anilines is 1. The van der Waals surface area contributed by atoms with Crippen molar-refractivity contribution in [3.05, 3.63) is 89.3 Å². The van der Waals surface area contributed by atoms with Gasteiger partial charge in [0, 0.05) is 37.4 Å². The predicted octanol–water partition coefficient (Wildman–Crippen LogP) is 6.48. The number of hydrogen-bond donors (Lipinski definition) is 0. The Morgan fingerprint density at radius 2 is 1.78 bits per heavy atom. The maximum Gasteiger partial charge on any atom is 0.260 e. The normalized spacial score (nSPS) is 18.7. The highest BCUT2D eigenvalue weighted by atomic mass is 35.5. The van der Waals surface area contributed by atoms with Gasteiger partial charge in [0.25, 0.3) is 5.91 Å². The highest BCUT2D eigenvalue weighted by Gasteiger charge is 2.39. The van der Waals surface area contributed by atoms with Crippen LogP contribution in [0.15, 0.2) is 73.2 Å². The molecule has 1 spiro atoms. The molecule has 1 saturated carbocycles. The Morgan fingerprint density at radius 1 is 1.00 bits per heavy atom. The van der Waals surface area contributed by atoms with Crippen LogP contribution in [0.2, 0.25) is 5.02 Å². The Bertz CT molecular complexity index is 1600. The second-order valence-electron chi connectivity index (χ2n) is 11.7. The summed E-state index contributed by atoms with van der Waals surface area (Å²) in [7, 11) is 0. The van der Waals surface area contributed by atoms with Gasteiger partial charge in [-0.05, 0) is 91.3 Å². The molecule has 0 N–H and O–H groups in total. The number of rotatable bonds is 5. The van der Waals surface area contributed by atoms with Crippen LogP contribution in [0, 0.1) is 5.41 Å². The van der Waals surface area contributed by atoms with Crippen molar-refractivity contribution >= 4 is 40.0 Å². The van der Waals surface area contributed by atoms with E-state index in [0.29, 0.717) is 29.1 Å². The number of piperidine rings is 1. The van der Waals surface area contributed by atoms with Crippen molar-refractivity contribution in [1.82, 2.24) is 14.5 Å². The summed E-state index contributed by atoms with van der Waals surface area (Å²) < 4.78 is 8.18. The number of carbonyl (C=O) groups is 2. The molecular weight excluding hydrogens is 536 g/mol. The number of nitrogens with zero attached hydrogens (tertiary/aromatic N) is 4. The molecule has 0 bridgehead atoms. The van der Waals surface area contributed by atoms with Crippen molar-refractivity contribution in [2.45, 2.75) is 57.7 Å². The van der Waals surface area contributed by atoms with Crippen molar-refractivity contribution in [1.29, 1.82) is 0 Å². The predicted molar refractivity (Wildman–Crippen MR) is 159 cm³/mol. The average molecular weight is 569 g/mol. The number of carbonyl (C=O) groups excluding carboxylic acids is 2. The molecular formula is C33H33ClN4O3. The van der Waals surface area contributed by atoms with Crippen molar-refractivity contribution in [3.63, 3.8) is 0 Å². The van der Waals surface area contributed by atoms with E-state index in [-0.39, 0.29) is 17.9 Å². The van der Waals surface area contributed by atoms with Crippen LogP contribution in [0.5, 0.6) is 5.75 Å². The highest BCUT2D eigenvalue weighted by Crippen LogP contribution is 2.45. The number of pyridine rings is 1. The highest BCUT2D eigenvalue weighted by molar-refractivity contribution is 6.35. The molecule has 3 aliphatic rings. The molecule has 1 aliphatic carbocycles. The van der Waals surface area contributed by atoms with Gasteiger partial charge in [0.2, 0.25) is 5.91 Å². The first-order chi connectivity index (χ1) is 20.0. The zero-order valence-electron chi connectivity index (χ0n) is 23.0. The Morgan fingerprint density at radius 3 is 2.54 bits per heavy atom. The van der Waals surface area contributed by atoms with Crippen molar-refractivity contribution < 1.29 is 14.3 Å². The van der Waals surface area contributed by atoms with E-state index in [4.69, 9.17) is 16.3 Å². The van der Waals surface area contributed by atoms with Gasteiger partial charge in [-0.25, -0.2) is 0 Å². The lowest BCUT2D eigenvalue weighted by atomic mass is 9.67. The van der Waals surface area contributed by atoms with Crippen molar-refractivity contribution in [2.24, 2.45) is 5.41 Å². The zero-order chi connectivity index (χ0) is 28.0. The SMILES string of the molecule is O=C(Cn1ccc2ccc(N3Cc4cccc(Cl)c4C3=O)cc21)N1CCC2(CCC(Oc3ccncc3)CC2)CC1. The topological polar surface area (TPSA) is 67.7 Å². The molecule has 2 aromatic heterocycles. The van der Waals surface area contributed by atoms with E-state index in [1.165, 1.54) is 0 Å². The van der Waals surface area contributed by atoms with Crippen LogP contribution in [-0.4, -0.2) is 45.5 Å². The molecule has 2 amide bonds. The number of ether oxygens (including phenoxy) is 1. The molecule has 4 heterocycles. The van der Waals surface area contributed by atoms with Gasteiger partial charge in [-0.15, -0.1) is 0 Å². The molecule has 7 rings (SSSR count). The lowest BCUT2D eigenvalue weighted by molar-refractivity contribution is -0.134. The average Bonchev–Trinajstić information content (AvgIpc) is 3.56. The van der Waals surface area contributed by atoms with Crippen LogP contribution >= 0.6 is 11.6 Å². The Balaban J connectivity index is 0.980. The Labute approximate surface area is 244 Å². The van der Waals surface area contributed by atoms with Gasteiger partial charge in [-0.2, -0.15) is 0 Å². The molecule has 0 radical (unpaired) electrons. The first kappa shape index (κ1) is 26.1. The molecule has 41 heavy (non-hydrogen) atoms. The van der Waals surface area contributed by atoms with Gasteiger partial charge >= 0.3 is 0 Å². The van der Waals surface area contributed by atoms with Gasteiger partial charge < -0.3 is 19.1 Å². The lowest BCUT2D eigenvalue weighted by Crippen LogP contribution is -2.46. The first-order valence-corrected chi connectivity index (χ1v) is 14.9. The summed E-state index contributed by atoms with van der Waals surface area (Å²) >= 11 is 6.33. The van der Waals surface area contributed by atoms with Crippen LogP contribution in [0.1, 0.15) is 54.4 Å². The number of halogens is 1. The van der Waals surface area contributed by atoms with Gasteiger partial charge in [-0.3, -0.25) is 14.6 Å². The Hall–Kier alpha value is -3.84. The lowest BCUT2D eigenvalue weighted by Gasteiger charge is -2.45. The van der Waals surface area contributed by atoms with E-state index in [9.17, 15) is 9.59 Å². The fourth-order valence-electron chi connectivity index (χ4n) is 6.91. The number of benzene rings is 2. The molecule has 8 heteroatoms. The minimum atomic E-state index is -0.0839. The number of fused-ring (bicyclic) bond motifs is 2. The van der Waals surface area contributed by atoms with Crippen LogP contribution < -0.4 is 9.64 Å². The van der Waals surface area contributed by atoms with Crippen LogP contribution in [0.3, 0.4) is 0 Å². The maximum absolute atomic E-state index is 13.4. The molecule has 2 aliphatic heterocycles. The summed E-state index contributed by atoms with van der Waals surface area (Å²) in [5.41, 5.74) is 3.60. The van der Waals surface area contributed by atoms with Crippen LogP contribution in [0.25, 0.3) is 10.9 Å². The van der Waals surface area contributed by atoms with E-state index in [1.54, 1.807) is 23.4 Å². The van der Waals surface area contributed by atoms with E-state index in [1.807, 2.05) is 64.2 Å². The van der Waals surface area contributed by atoms with Gasteiger partial charge in [0.05, 0.1) is 28.8 Å². The summed E-state index contributed by atoms with van der Waals surface area (Å²) in [5.74, 6) is 0.959. The number of amides is 2. The van der Waals surface area contributed by atoms with Gasteiger partial charge in [-0.1, -0.05) is 29.8 Å². The van der Waals surface area contributed by atoms with E-state index < -0.39 is 0 Å². The van der Waals surface area contributed by atoms with Gasteiger partial charge in [0.1, 0.15) is 12.3 Å². The summed E-state index contributed by atoms with van der Waals surface area (Å²) in [4.78, 5) is 34.4. The second kappa shape index (κ2) is 10.5. The van der Waals surface area contributed by atoms with Gasteiger partial charge in [0.15, 0.2) is 0 Å². The second-order valence-corrected chi connectivity index (χ2v) is 12.1. The minimum absolute atomic E-state index is 0.0839. The van der Waals surface area contributed by atoms with E-state index in [2.05, 4.69) is 4.98 Å². The third-order valence-electron chi connectivity index (χ3n) is 9.38. The van der Waals surface area contributed by atoms with E-state index >= 15 is 0 Å². The quantitative estimate of drug-likeness (QED) is 0.276. The Kier molecular flexibility index (Phi) is 6.70. The number of aromatic nitrogens is 2. The molecule has 4 aromatic rings. The molecule has 210 valence electrons. The minimum Gasteiger partial charge on any atom is -0.490 e. The zero-order valence-corrected chi connectivity index (χ0v) is 23.7. The summed E-state index contributed by atoms with van der Waals surface area (Å²) in [6.07, 6.45) is 12.3. The molecule has 0 unspecified atom stereocenters. The smallest absolute Gasteiger partial charge is 0.260 e. The summed E-state index contributed by atoms with van der Waals surface area (Å²) in [6.45, 7) is 2.40. The fraction of sp³-hybridized carbons (Fsp3) is 0.364. The van der Waals surface area contributed by atoms with Crippen molar-refractivity contribution in [2.75, 3.05) is 18.0 Å². The third kappa shape index (κ3) is 4.97. The number of hydrogen-bond acceptors (Lipinski definition) is 4. The standard InChI is InChI=1S/C33H33ClN4O3/c34-28-3-1-2-24-21-38(32(40)31(24)28)25-5-4-23-10-17-37(29(23)20-25)22-30(39)36-18-13-33(14-19-36)11-6-26(7-12-33)41-27-8-15-35-16-9-27/h1-5,8-10,15-17,20,26H,6-7,11-14,18-19,21-22H2. The molecule has 7 nitrogen and oxygen atoms in total. The summed E-state index contributed by atoms with van der Waals surface area (Å²) in [5, 5.41) is 1.53. The van der Waals surface area contributed by atoms with Crippen LogP contribution in [0.4, 0.5) is 5.69 Å². The first-order valence-electron chi connectivity index (χ1n) is 14.5. The molecule has 0 atom stereocenters. The third-order valence-corrected chi connectivity index (χ3v) is 9.70. The van der Waals surface area contributed by atoms with E-state index in [0.717, 1.165) is 79.5 Å². The van der Waals surface area contributed by atoms with Crippen LogP contribution in [-0.2, 0) is 17.9 Å². The molecule has 1 saturated heterocycles. The molecule has 2 aromatic carbocycles. The van der Waals surface area contributed by atoms with Crippen molar-refractivity contribution in [3.8, 4) is 5.75 Å². The fourth-order valence-corrected chi connectivity index (χ4v) is 7.19.